The van der Waals surface area contributed by atoms with Crippen LogP contribution in [0.3, 0.4) is 0 Å². The first kappa shape index (κ1) is 11.3. The Kier molecular flexibility index (Phi) is 3.67. The fourth-order valence-corrected chi connectivity index (χ4v) is 2.23. The minimum atomic E-state index is 0.182. The maximum absolute atomic E-state index is 9.33. The first-order chi connectivity index (χ1) is 7.75. The molecule has 1 heterocycles. The molecule has 0 bridgehead atoms. The number of hydrogen-bond donors (Lipinski definition) is 2. The highest BCUT2D eigenvalue weighted by molar-refractivity contribution is 5.53. The number of benzene rings is 1. The number of nitrogens with two attached hydrogens (primary N) is 1. The predicted octanol–water partition coefficient (Wildman–Crippen LogP) is 2.00. The summed E-state index contributed by atoms with van der Waals surface area (Å²) in [6.07, 6.45) is 5.06. The number of rotatable bonds is 3. The molecule has 0 radical (unpaired) electrons. The average Bonchev–Trinajstić information content (AvgIpc) is 2.32. The van der Waals surface area contributed by atoms with Crippen molar-refractivity contribution < 1.29 is 5.11 Å². The van der Waals surface area contributed by atoms with E-state index < -0.39 is 0 Å². The van der Waals surface area contributed by atoms with Gasteiger partial charge >= 0.3 is 0 Å². The number of aromatic hydroxyl groups is 1. The molecule has 1 saturated heterocycles. The molecule has 1 aliphatic rings. The zero-order valence-electron chi connectivity index (χ0n) is 9.65. The highest BCUT2D eigenvalue weighted by Crippen LogP contribution is 2.21. The molecule has 1 aliphatic heterocycles. The fourth-order valence-electron chi connectivity index (χ4n) is 2.23. The van der Waals surface area contributed by atoms with Crippen LogP contribution in [-0.2, 0) is 6.42 Å². The molecule has 1 aromatic carbocycles. The summed E-state index contributed by atoms with van der Waals surface area (Å²) in [4.78, 5) is 2.51. The van der Waals surface area contributed by atoms with Gasteiger partial charge in [-0.2, -0.15) is 0 Å². The molecule has 3 N–H and O–H groups in total. The maximum atomic E-state index is 9.33. The summed E-state index contributed by atoms with van der Waals surface area (Å²) in [5, 5.41) is 9.33. The van der Waals surface area contributed by atoms with Crippen LogP contribution < -0.4 is 5.73 Å². The van der Waals surface area contributed by atoms with Crippen molar-refractivity contribution in [2.75, 3.05) is 25.4 Å². The molecule has 0 atom stereocenters. The molecule has 16 heavy (non-hydrogen) atoms. The van der Waals surface area contributed by atoms with Crippen LogP contribution in [0.4, 0.5) is 5.69 Å². The molecule has 0 aromatic heterocycles. The molecule has 0 amide bonds. The van der Waals surface area contributed by atoms with Crippen LogP contribution in [0.2, 0.25) is 0 Å². The van der Waals surface area contributed by atoms with E-state index in [1.54, 1.807) is 6.07 Å². The van der Waals surface area contributed by atoms with Crippen molar-refractivity contribution in [3.8, 4) is 5.75 Å². The van der Waals surface area contributed by atoms with Crippen molar-refractivity contribution in [3.05, 3.63) is 23.8 Å². The Bertz CT molecular complexity index is 346. The minimum absolute atomic E-state index is 0.182. The first-order valence-corrected chi connectivity index (χ1v) is 6.05. The van der Waals surface area contributed by atoms with E-state index >= 15 is 0 Å². The van der Waals surface area contributed by atoms with Crippen LogP contribution in [0, 0.1) is 0 Å². The normalized spacial score (nSPS) is 17.5. The third-order valence-electron chi connectivity index (χ3n) is 3.26. The second-order valence-corrected chi connectivity index (χ2v) is 4.55. The number of nitrogen functional groups attached to an aromatic ring is 1. The van der Waals surface area contributed by atoms with E-state index in [9.17, 15) is 5.11 Å². The zero-order valence-corrected chi connectivity index (χ0v) is 9.65. The van der Waals surface area contributed by atoms with Gasteiger partial charge in [0.05, 0.1) is 5.69 Å². The molecular formula is C13H20N2O. The molecule has 1 aromatic rings. The molecule has 1 fully saturated rings. The van der Waals surface area contributed by atoms with Crippen molar-refractivity contribution >= 4 is 5.69 Å². The van der Waals surface area contributed by atoms with Crippen LogP contribution in [0.1, 0.15) is 24.8 Å². The first-order valence-electron chi connectivity index (χ1n) is 6.05. The van der Waals surface area contributed by atoms with Crippen molar-refractivity contribution in [3.63, 3.8) is 0 Å². The Labute approximate surface area is 96.9 Å². The highest BCUT2D eigenvalue weighted by atomic mass is 16.3. The number of likely N-dealkylation sites (tertiary alicyclic amines) is 1. The predicted molar refractivity (Wildman–Crippen MR) is 66.5 cm³/mol. The van der Waals surface area contributed by atoms with Gasteiger partial charge in [0.15, 0.2) is 0 Å². The Morgan fingerprint density at radius 1 is 1.19 bits per heavy atom. The third-order valence-corrected chi connectivity index (χ3v) is 3.26. The molecule has 88 valence electrons. The van der Waals surface area contributed by atoms with Gasteiger partial charge in [0.25, 0.3) is 0 Å². The van der Waals surface area contributed by atoms with Crippen LogP contribution in [0.15, 0.2) is 18.2 Å². The van der Waals surface area contributed by atoms with Crippen molar-refractivity contribution in [2.24, 2.45) is 0 Å². The highest BCUT2D eigenvalue weighted by Gasteiger charge is 2.09. The van der Waals surface area contributed by atoms with Gasteiger partial charge in [0, 0.05) is 6.54 Å². The second kappa shape index (κ2) is 5.21. The SMILES string of the molecule is Nc1cc(CCN2CCCCC2)ccc1O. The van der Waals surface area contributed by atoms with Gasteiger partial charge in [0.1, 0.15) is 5.75 Å². The van der Waals surface area contributed by atoms with Gasteiger partial charge in [0.2, 0.25) is 0 Å². The molecule has 0 saturated carbocycles. The Morgan fingerprint density at radius 2 is 1.94 bits per heavy atom. The molecule has 0 unspecified atom stereocenters. The van der Waals surface area contributed by atoms with Crippen LogP contribution in [0.5, 0.6) is 5.75 Å². The van der Waals surface area contributed by atoms with E-state index in [4.69, 9.17) is 5.73 Å². The quantitative estimate of drug-likeness (QED) is 0.605. The van der Waals surface area contributed by atoms with Crippen molar-refractivity contribution in [1.29, 1.82) is 0 Å². The average molecular weight is 220 g/mol. The van der Waals surface area contributed by atoms with E-state index in [1.165, 1.54) is 37.9 Å². The minimum Gasteiger partial charge on any atom is -0.506 e. The summed E-state index contributed by atoms with van der Waals surface area (Å²) in [5.74, 6) is 0.182. The lowest BCUT2D eigenvalue weighted by atomic mass is 10.1. The zero-order chi connectivity index (χ0) is 11.4. The lowest BCUT2D eigenvalue weighted by Crippen LogP contribution is -2.31. The van der Waals surface area contributed by atoms with E-state index in [0.717, 1.165) is 13.0 Å². The summed E-state index contributed by atoms with van der Waals surface area (Å²) >= 11 is 0. The molecule has 3 nitrogen and oxygen atoms in total. The van der Waals surface area contributed by atoms with Gasteiger partial charge in [-0.15, -0.1) is 0 Å². The summed E-state index contributed by atoms with van der Waals surface area (Å²) < 4.78 is 0. The molecule has 2 rings (SSSR count). The van der Waals surface area contributed by atoms with Gasteiger partial charge in [-0.3, -0.25) is 0 Å². The summed E-state index contributed by atoms with van der Waals surface area (Å²) in [5.41, 5.74) is 7.36. The number of nitrogens with zero attached hydrogens (tertiary/aromatic N) is 1. The standard InChI is InChI=1S/C13H20N2O/c14-12-10-11(4-5-13(12)16)6-9-15-7-2-1-3-8-15/h4-5,10,16H,1-3,6-9,14H2. The Morgan fingerprint density at radius 3 is 2.62 bits per heavy atom. The summed E-state index contributed by atoms with van der Waals surface area (Å²) in [6.45, 7) is 3.56. The molecule has 0 aliphatic carbocycles. The van der Waals surface area contributed by atoms with E-state index in [1.807, 2.05) is 12.1 Å². The van der Waals surface area contributed by atoms with Gasteiger partial charge in [-0.05, 0) is 50.0 Å². The van der Waals surface area contributed by atoms with Gasteiger partial charge < -0.3 is 15.7 Å². The van der Waals surface area contributed by atoms with Crippen molar-refractivity contribution in [1.82, 2.24) is 4.90 Å². The number of phenolic OH excluding ortho intramolecular Hbond substituents is 1. The topological polar surface area (TPSA) is 49.5 Å². The van der Waals surface area contributed by atoms with E-state index in [-0.39, 0.29) is 5.75 Å². The number of piperidine rings is 1. The number of phenols is 1. The number of hydrogen-bond acceptors (Lipinski definition) is 3. The van der Waals surface area contributed by atoms with Crippen LogP contribution in [0.25, 0.3) is 0 Å². The fraction of sp³-hybridized carbons (Fsp3) is 0.538. The Balaban J connectivity index is 1.86. The molecule has 3 heteroatoms. The van der Waals surface area contributed by atoms with Crippen molar-refractivity contribution in [2.45, 2.75) is 25.7 Å². The third kappa shape index (κ3) is 2.89. The Hall–Kier alpha value is -1.22. The molecule has 0 spiro atoms. The lowest BCUT2D eigenvalue weighted by Gasteiger charge is -2.26. The lowest BCUT2D eigenvalue weighted by molar-refractivity contribution is 0.231. The maximum Gasteiger partial charge on any atom is 0.138 e. The smallest absolute Gasteiger partial charge is 0.138 e. The molecular weight excluding hydrogens is 200 g/mol. The largest absolute Gasteiger partial charge is 0.506 e. The van der Waals surface area contributed by atoms with Gasteiger partial charge in [-0.1, -0.05) is 12.5 Å². The second-order valence-electron chi connectivity index (χ2n) is 4.55. The summed E-state index contributed by atoms with van der Waals surface area (Å²) in [7, 11) is 0. The van der Waals surface area contributed by atoms with E-state index in [2.05, 4.69) is 4.90 Å². The van der Waals surface area contributed by atoms with Crippen LogP contribution >= 0.6 is 0 Å². The number of anilines is 1. The van der Waals surface area contributed by atoms with Gasteiger partial charge in [-0.25, -0.2) is 0 Å². The summed E-state index contributed by atoms with van der Waals surface area (Å²) in [6, 6.07) is 5.51. The monoisotopic (exact) mass is 220 g/mol. The van der Waals surface area contributed by atoms with E-state index in [0.29, 0.717) is 5.69 Å². The van der Waals surface area contributed by atoms with Crippen LogP contribution in [-0.4, -0.2) is 29.6 Å².